The molecule has 2 N–H and O–H groups in total. The van der Waals surface area contributed by atoms with E-state index in [1.807, 2.05) is 19.1 Å². The molecule has 1 aromatic heterocycles. The summed E-state index contributed by atoms with van der Waals surface area (Å²) in [5.41, 5.74) is 1.13. The Kier molecular flexibility index (Phi) is 7.22. The highest BCUT2D eigenvalue weighted by molar-refractivity contribution is 7.98. The van der Waals surface area contributed by atoms with Crippen molar-refractivity contribution in [3.05, 3.63) is 47.3 Å². The van der Waals surface area contributed by atoms with Crippen molar-refractivity contribution in [2.24, 2.45) is 0 Å². The van der Waals surface area contributed by atoms with Crippen LogP contribution in [0.15, 0.2) is 39.8 Å². The number of ether oxygens (including phenoxy) is 1. The summed E-state index contributed by atoms with van der Waals surface area (Å²) in [5.74, 6) is -0.246. The summed E-state index contributed by atoms with van der Waals surface area (Å²) in [5, 5.41) is 8.63. The van der Waals surface area contributed by atoms with E-state index in [-0.39, 0.29) is 12.5 Å². The number of esters is 1. The van der Waals surface area contributed by atoms with Crippen molar-refractivity contribution >= 4 is 29.5 Å². The predicted molar refractivity (Wildman–Crippen MR) is 94.6 cm³/mol. The molecule has 0 radical (unpaired) electrons. The number of carbonyl (C=O) groups is 3. The van der Waals surface area contributed by atoms with Gasteiger partial charge < -0.3 is 19.9 Å². The number of nitrogens with zero attached hydrogens (tertiary/aromatic N) is 1. The van der Waals surface area contributed by atoms with Crippen LogP contribution in [0.1, 0.15) is 21.8 Å². The van der Waals surface area contributed by atoms with E-state index in [1.165, 1.54) is 18.8 Å². The van der Waals surface area contributed by atoms with Gasteiger partial charge in [-0.25, -0.2) is 4.79 Å². The number of aromatic nitrogens is 1. The molecule has 1 heterocycles. The number of hydrogen-bond acceptors (Lipinski definition) is 7. The maximum atomic E-state index is 12.3. The molecule has 0 saturated carbocycles. The molecule has 2 rings (SSSR count). The van der Waals surface area contributed by atoms with E-state index >= 15 is 0 Å². The first-order valence-corrected chi connectivity index (χ1v) is 8.76. The Bertz CT molecular complexity index is 790. The van der Waals surface area contributed by atoms with E-state index in [0.717, 1.165) is 11.5 Å². The van der Waals surface area contributed by atoms with Crippen molar-refractivity contribution in [2.75, 3.05) is 20.2 Å². The lowest BCUT2D eigenvalue weighted by Crippen LogP contribution is -2.37. The second-order valence-electron chi connectivity index (χ2n) is 5.24. The molecule has 0 saturated heterocycles. The van der Waals surface area contributed by atoms with Gasteiger partial charge in [-0.3, -0.25) is 9.59 Å². The Morgan fingerprint density at radius 2 is 2.00 bits per heavy atom. The molecule has 0 atom stereocenters. The van der Waals surface area contributed by atoms with E-state index in [9.17, 15) is 14.4 Å². The molecular weight excluding hydrogens is 358 g/mol. The molecule has 138 valence electrons. The van der Waals surface area contributed by atoms with E-state index in [4.69, 9.17) is 9.26 Å². The SMILES string of the molecule is CNC(=O)CNC(=O)COC(=O)c1ccccc1SCc1cc(C)on1. The van der Waals surface area contributed by atoms with Gasteiger partial charge in [-0.1, -0.05) is 17.3 Å². The molecule has 8 nitrogen and oxygen atoms in total. The highest BCUT2D eigenvalue weighted by atomic mass is 32.2. The number of nitrogens with one attached hydrogen (secondary N) is 2. The minimum atomic E-state index is -0.612. The number of likely N-dealkylation sites (N-methyl/N-ethyl adjacent to an activating group) is 1. The molecule has 0 unspecified atom stereocenters. The highest BCUT2D eigenvalue weighted by Gasteiger charge is 2.15. The summed E-state index contributed by atoms with van der Waals surface area (Å²) in [6, 6.07) is 8.77. The summed E-state index contributed by atoms with van der Waals surface area (Å²) in [4.78, 5) is 35.6. The molecule has 0 aliphatic heterocycles. The zero-order chi connectivity index (χ0) is 18.9. The number of amides is 2. The molecule has 1 aromatic carbocycles. The molecule has 0 aliphatic carbocycles. The van der Waals surface area contributed by atoms with Gasteiger partial charge in [0.15, 0.2) is 6.61 Å². The minimum absolute atomic E-state index is 0.170. The molecule has 2 aromatic rings. The van der Waals surface area contributed by atoms with Gasteiger partial charge in [0.1, 0.15) is 5.76 Å². The maximum Gasteiger partial charge on any atom is 0.339 e. The molecule has 2 amide bonds. The minimum Gasteiger partial charge on any atom is -0.452 e. The topological polar surface area (TPSA) is 111 Å². The highest BCUT2D eigenvalue weighted by Crippen LogP contribution is 2.26. The maximum absolute atomic E-state index is 12.3. The van der Waals surface area contributed by atoms with Gasteiger partial charge >= 0.3 is 5.97 Å². The first-order valence-electron chi connectivity index (χ1n) is 7.78. The number of benzene rings is 1. The van der Waals surface area contributed by atoms with Crippen LogP contribution >= 0.6 is 11.8 Å². The monoisotopic (exact) mass is 377 g/mol. The molecular formula is C17H19N3O5S. The smallest absolute Gasteiger partial charge is 0.339 e. The van der Waals surface area contributed by atoms with Crippen LogP contribution in [0.2, 0.25) is 0 Å². The van der Waals surface area contributed by atoms with Crippen LogP contribution in [0.4, 0.5) is 0 Å². The lowest BCUT2D eigenvalue weighted by atomic mass is 10.2. The fourth-order valence-electron chi connectivity index (χ4n) is 1.93. The fraction of sp³-hybridized carbons (Fsp3) is 0.294. The predicted octanol–water partition coefficient (Wildman–Crippen LogP) is 1.29. The first-order chi connectivity index (χ1) is 12.5. The second-order valence-corrected chi connectivity index (χ2v) is 6.26. The van der Waals surface area contributed by atoms with Crippen LogP contribution in [0.3, 0.4) is 0 Å². The Labute approximate surface area is 154 Å². The molecule has 0 bridgehead atoms. The summed E-state index contributed by atoms with van der Waals surface area (Å²) < 4.78 is 10.0. The summed E-state index contributed by atoms with van der Waals surface area (Å²) >= 11 is 1.42. The number of carbonyl (C=O) groups excluding carboxylic acids is 3. The van der Waals surface area contributed by atoms with Crippen molar-refractivity contribution in [2.45, 2.75) is 17.6 Å². The molecule has 9 heteroatoms. The normalized spacial score (nSPS) is 10.2. The zero-order valence-corrected chi connectivity index (χ0v) is 15.2. The Morgan fingerprint density at radius 1 is 1.23 bits per heavy atom. The Balaban J connectivity index is 1.90. The third-order valence-corrected chi connectivity index (χ3v) is 4.33. The summed E-state index contributed by atoms with van der Waals surface area (Å²) in [6.45, 7) is 1.18. The third kappa shape index (κ3) is 5.92. The van der Waals surface area contributed by atoms with Crippen LogP contribution in [0.25, 0.3) is 0 Å². The molecule has 0 spiro atoms. The Hall–Kier alpha value is -2.81. The molecule has 0 fully saturated rings. The van der Waals surface area contributed by atoms with Crippen LogP contribution in [-0.4, -0.2) is 43.1 Å². The van der Waals surface area contributed by atoms with E-state index in [2.05, 4.69) is 15.8 Å². The van der Waals surface area contributed by atoms with Gasteiger partial charge in [0, 0.05) is 23.8 Å². The molecule has 26 heavy (non-hydrogen) atoms. The lowest BCUT2D eigenvalue weighted by molar-refractivity contribution is -0.127. The summed E-state index contributed by atoms with van der Waals surface area (Å²) in [7, 11) is 1.46. The van der Waals surface area contributed by atoms with Crippen LogP contribution in [-0.2, 0) is 20.1 Å². The van der Waals surface area contributed by atoms with Gasteiger partial charge in [0.2, 0.25) is 5.91 Å². The van der Waals surface area contributed by atoms with Crippen molar-refractivity contribution < 1.29 is 23.6 Å². The number of aryl methyl sites for hydroxylation is 1. The number of thioether (sulfide) groups is 1. The van der Waals surface area contributed by atoms with Crippen molar-refractivity contribution in [1.29, 1.82) is 0 Å². The number of rotatable bonds is 8. The lowest BCUT2D eigenvalue weighted by Gasteiger charge is -2.09. The zero-order valence-electron chi connectivity index (χ0n) is 14.4. The third-order valence-electron chi connectivity index (χ3n) is 3.22. The van der Waals surface area contributed by atoms with Gasteiger partial charge in [-0.15, -0.1) is 11.8 Å². The van der Waals surface area contributed by atoms with E-state index < -0.39 is 18.5 Å². The molecule has 0 aliphatic rings. The van der Waals surface area contributed by atoms with Crippen LogP contribution in [0.5, 0.6) is 0 Å². The van der Waals surface area contributed by atoms with Gasteiger partial charge in [-0.05, 0) is 19.1 Å². The first kappa shape index (κ1) is 19.5. The quantitative estimate of drug-likeness (QED) is 0.527. The average Bonchev–Trinajstić information content (AvgIpc) is 3.07. The standard InChI is InChI=1S/C17H19N3O5S/c1-11-7-12(20-25-11)10-26-14-6-4-3-5-13(14)17(23)24-9-16(22)19-8-15(21)18-2/h3-7H,8-10H2,1-2H3,(H,18,21)(H,19,22). The Morgan fingerprint density at radius 3 is 2.69 bits per heavy atom. The summed E-state index contributed by atoms with van der Waals surface area (Å²) in [6.07, 6.45) is 0. The van der Waals surface area contributed by atoms with Crippen LogP contribution < -0.4 is 10.6 Å². The average molecular weight is 377 g/mol. The van der Waals surface area contributed by atoms with Gasteiger partial charge in [0.05, 0.1) is 17.8 Å². The van der Waals surface area contributed by atoms with E-state index in [1.54, 1.807) is 18.2 Å². The van der Waals surface area contributed by atoms with Crippen molar-refractivity contribution in [1.82, 2.24) is 15.8 Å². The van der Waals surface area contributed by atoms with Gasteiger partial charge in [-0.2, -0.15) is 0 Å². The largest absolute Gasteiger partial charge is 0.452 e. The number of hydrogen-bond donors (Lipinski definition) is 2. The fourth-order valence-corrected chi connectivity index (χ4v) is 2.85. The van der Waals surface area contributed by atoms with Crippen molar-refractivity contribution in [3.63, 3.8) is 0 Å². The van der Waals surface area contributed by atoms with Crippen molar-refractivity contribution in [3.8, 4) is 0 Å². The van der Waals surface area contributed by atoms with Gasteiger partial charge in [0.25, 0.3) is 5.91 Å². The second kappa shape index (κ2) is 9.62. The van der Waals surface area contributed by atoms with Crippen LogP contribution in [0, 0.1) is 6.92 Å². The van der Waals surface area contributed by atoms with E-state index in [0.29, 0.717) is 16.2 Å².